The number of pyridine rings is 1. The molecule has 6 heteroatoms. The molecule has 2 aromatic carbocycles. The Bertz CT molecular complexity index is 987. The average molecular weight is 373 g/mol. The van der Waals surface area contributed by atoms with E-state index in [1.54, 1.807) is 48.7 Å². The number of hydrogen-bond acceptors (Lipinski definition) is 4. The van der Waals surface area contributed by atoms with Crippen LogP contribution < -0.4 is 10.6 Å². The van der Waals surface area contributed by atoms with Crippen molar-refractivity contribution in [3.05, 3.63) is 89.6 Å². The zero-order chi connectivity index (χ0) is 19.3. The maximum atomic E-state index is 12.7. The van der Waals surface area contributed by atoms with Crippen LogP contribution in [0.4, 0.5) is 11.5 Å². The summed E-state index contributed by atoms with van der Waals surface area (Å²) in [5.41, 5.74) is 3.11. The summed E-state index contributed by atoms with van der Waals surface area (Å²) in [5, 5.41) is 5.58. The van der Waals surface area contributed by atoms with Crippen LogP contribution in [0.25, 0.3) is 0 Å². The van der Waals surface area contributed by atoms with Gasteiger partial charge in [-0.3, -0.25) is 9.59 Å². The third-order valence-electron chi connectivity index (χ3n) is 4.55. The summed E-state index contributed by atoms with van der Waals surface area (Å²) >= 11 is 0. The van der Waals surface area contributed by atoms with Gasteiger partial charge >= 0.3 is 0 Å². The number of ether oxygens (including phenoxy) is 1. The lowest BCUT2D eigenvalue weighted by molar-refractivity contribution is -0.128. The van der Waals surface area contributed by atoms with Crippen LogP contribution in [-0.4, -0.2) is 23.4 Å². The SMILES string of the molecule is O=C(Nc1ccccn1)c1ccc(NC(=O)C2OCCc3ccccc32)cc1. The van der Waals surface area contributed by atoms with Crippen LogP contribution in [0.1, 0.15) is 27.6 Å². The van der Waals surface area contributed by atoms with Crippen LogP contribution >= 0.6 is 0 Å². The summed E-state index contributed by atoms with van der Waals surface area (Å²) in [7, 11) is 0. The molecule has 2 N–H and O–H groups in total. The molecule has 1 aliphatic rings. The van der Waals surface area contributed by atoms with Gasteiger partial charge in [0.15, 0.2) is 6.10 Å². The summed E-state index contributed by atoms with van der Waals surface area (Å²) in [6.45, 7) is 0.516. The third kappa shape index (κ3) is 3.92. The van der Waals surface area contributed by atoms with Gasteiger partial charge in [0.2, 0.25) is 0 Å². The number of hydrogen-bond donors (Lipinski definition) is 2. The van der Waals surface area contributed by atoms with E-state index in [4.69, 9.17) is 4.74 Å². The fourth-order valence-electron chi connectivity index (χ4n) is 3.15. The molecule has 0 radical (unpaired) electrons. The lowest BCUT2D eigenvalue weighted by Gasteiger charge is -2.25. The Morgan fingerprint density at radius 2 is 1.71 bits per heavy atom. The number of carbonyl (C=O) groups is 2. The molecular weight excluding hydrogens is 354 g/mol. The summed E-state index contributed by atoms with van der Waals surface area (Å²) in [5.74, 6) is -0.00283. The van der Waals surface area contributed by atoms with Gasteiger partial charge in [0.1, 0.15) is 5.82 Å². The molecule has 0 bridgehead atoms. The smallest absolute Gasteiger partial charge is 0.258 e. The molecule has 1 aliphatic heterocycles. The second-order valence-corrected chi connectivity index (χ2v) is 6.44. The Kier molecular flexibility index (Phi) is 5.12. The highest BCUT2D eigenvalue weighted by molar-refractivity contribution is 6.04. The van der Waals surface area contributed by atoms with Crippen LogP contribution in [-0.2, 0) is 16.0 Å². The molecule has 1 atom stereocenters. The number of anilines is 2. The van der Waals surface area contributed by atoms with E-state index >= 15 is 0 Å². The molecule has 0 aliphatic carbocycles. The van der Waals surface area contributed by atoms with E-state index < -0.39 is 6.10 Å². The van der Waals surface area contributed by atoms with Crippen molar-refractivity contribution in [1.29, 1.82) is 0 Å². The molecule has 1 unspecified atom stereocenters. The Labute approximate surface area is 162 Å². The van der Waals surface area contributed by atoms with Gasteiger partial charge in [0.05, 0.1) is 6.61 Å². The highest BCUT2D eigenvalue weighted by Gasteiger charge is 2.27. The number of carbonyl (C=O) groups excluding carboxylic acids is 2. The molecule has 140 valence electrons. The lowest BCUT2D eigenvalue weighted by Crippen LogP contribution is -2.28. The van der Waals surface area contributed by atoms with Crippen LogP contribution in [0.5, 0.6) is 0 Å². The summed E-state index contributed by atoms with van der Waals surface area (Å²) in [6.07, 6.45) is 1.79. The second-order valence-electron chi connectivity index (χ2n) is 6.44. The lowest BCUT2D eigenvalue weighted by atomic mass is 9.97. The first-order valence-electron chi connectivity index (χ1n) is 9.03. The van der Waals surface area contributed by atoms with Crippen molar-refractivity contribution in [2.75, 3.05) is 17.2 Å². The molecule has 4 rings (SSSR count). The molecule has 0 saturated heterocycles. The molecular formula is C22H19N3O3. The zero-order valence-electron chi connectivity index (χ0n) is 15.1. The predicted molar refractivity (Wildman–Crippen MR) is 106 cm³/mol. The third-order valence-corrected chi connectivity index (χ3v) is 4.55. The van der Waals surface area contributed by atoms with Gasteiger partial charge in [-0.15, -0.1) is 0 Å². The monoisotopic (exact) mass is 373 g/mol. The zero-order valence-corrected chi connectivity index (χ0v) is 15.1. The Morgan fingerprint density at radius 3 is 2.50 bits per heavy atom. The number of aromatic nitrogens is 1. The van der Waals surface area contributed by atoms with E-state index in [0.29, 0.717) is 23.7 Å². The summed E-state index contributed by atoms with van der Waals surface area (Å²) in [6, 6.07) is 19.8. The minimum atomic E-state index is -0.628. The van der Waals surface area contributed by atoms with Gasteiger partial charge in [-0.25, -0.2) is 4.98 Å². The molecule has 3 aromatic rings. The topological polar surface area (TPSA) is 80.3 Å². The molecule has 0 fully saturated rings. The molecule has 6 nitrogen and oxygen atoms in total. The maximum Gasteiger partial charge on any atom is 0.258 e. The first-order valence-corrected chi connectivity index (χ1v) is 9.03. The first-order chi connectivity index (χ1) is 13.7. The second kappa shape index (κ2) is 8.02. The van der Waals surface area contributed by atoms with Crippen molar-refractivity contribution in [2.24, 2.45) is 0 Å². The Morgan fingerprint density at radius 1 is 0.929 bits per heavy atom. The Balaban J connectivity index is 1.42. The fraction of sp³-hybridized carbons (Fsp3) is 0.136. The molecule has 2 heterocycles. The van der Waals surface area contributed by atoms with Gasteiger partial charge in [0, 0.05) is 17.4 Å². The van der Waals surface area contributed by atoms with Crippen molar-refractivity contribution >= 4 is 23.3 Å². The van der Waals surface area contributed by atoms with Gasteiger partial charge in [0.25, 0.3) is 11.8 Å². The number of amides is 2. The molecule has 2 amide bonds. The van der Waals surface area contributed by atoms with Crippen molar-refractivity contribution in [3.8, 4) is 0 Å². The van der Waals surface area contributed by atoms with E-state index in [2.05, 4.69) is 15.6 Å². The van der Waals surface area contributed by atoms with Crippen molar-refractivity contribution in [2.45, 2.75) is 12.5 Å². The number of fused-ring (bicyclic) bond motifs is 1. The highest BCUT2D eigenvalue weighted by Crippen LogP contribution is 2.28. The quantitative estimate of drug-likeness (QED) is 0.732. The largest absolute Gasteiger partial charge is 0.363 e. The first kappa shape index (κ1) is 17.9. The molecule has 0 saturated carbocycles. The standard InChI is InChI=1S/C22H19N3O3/c26-21(25-19-7-3-4-13-23-19)16-8-10-17(11-9-16)24-22(27)20-18-6-2-1-5-15(18)12-14-28-20/h1-11,13,20H,12,14H2,(H,24,27)(H,23,25,26). The average Bonchev–Trinajstić information content (AvgIpc) is 2.74. The van der Waals surface area contributed by atoms with Gasteiger partial charge in [-0.1, -0.05) is 30.3 Å². The maximum absolute atomic E-state index is 12.7. The van der Waals surface area contributed by atoms with E-state index in [9.17, 15) is 9.59 Å². The van der Waals surface area contributed by atoms with Crippen LogP contribution in [0, 0.1) is 0 Å². The van der Waals surface area contributed by atoms with E-state index in [0.717, 1.165) is 17.5 Å². The van der Waals surface area contributed by atoms with Crippen molar-refractivity contribution in [1.82, 2.24) is 4.98 Å². The van der Waals surface area contributed by atoms with E-state index in [1.165, 1.54) is 0 Å². The summed E-state index contributed by atoms with van der Waals surface area (Å²) < 4.78 is 5.68. The minimum absolute atomic E-state index is 0.224. The van der Waals surface area contributed by atoms with Crippen LogP contribution in [0.2, 0.25) is 0 Å². The van der Waals surface area contributed by atoms with Crippen molar-refractivity contribution < 1.29 is 14.3 Å². The Hall–Kier alpha value is -3.51. The fourth-order valence-corrected chi connectivity index (χ4v) is 3.15. The predicted octanol–water partition coefficient (Wildman–Crippen LogP) is 3.59. The number of nitrogens with zero attached hydrogens (tertiary/aromatic N) is 1. The molecule has 1 aromatic heterocycles. The van der Waals surface area contributed by atoms with Gasteiger partial charge in [-0.05, 0) is 53.9 Å². The normalized spacial score (nSPS) is 15.4. The minimum Gasteiger partial charge on any atom is -0.363 e. The van der Waals surface area contributed by atoms with E-state index in [1.807, 2.05) is 24.3 Å². The van der Waals surface area contributed by atoms with E-state index in [-0.39, 0.29) is 11.8 Å². The van der Waals surface area contributed by atoms with Gasteiger partial charge in [-0.2, -0.15) is 0 Å². The number of benzene rings is 2. The number of rotatable bonds is 4. The molecule has 28 heavy (non-hydrogen) atoms. The van der Waals surface area contributed by atoms with Crippen molar-refractivity contribution in [3.63, 3.8) is 0 Å². The summed E-state index contributed by atoms with van der Waals surface area (Å²) in [4.78, 5) is 29.0. The molecule has 0 spiro atoms. The van der Waals surface area contributed by atoms with Crippen LogP contribution in [0.15, 0.2) is 72.9 Å². The van der Waals surface area contributed by atoms with Crippen LogP contribution in [0.3, 0.4) is 0 Å². The number of nitrogens with one attached hydrogen (secondary N) is 2. The van der Waals surface area contributed by atoms with Gasteiger partial charge < -0.3 is 15.4 Å². The highest BCUT2D eigenvalue weighted by atomic mass is 16.5.